The van der Waals surface area contributed by atoms with Gasteiger partial charge in [0.1, 0.15) is 0 Å². The highest BCUT2D eigenvalue weighted by molar-refractivity contribution is 9.10. The Balaban J connectivity index is 2.69. The van der Waals surface area contributed by atoms with E-state index in [2.05, 4.69) is 28.9 Å². The van der Waals surface area contributed by atoms with E-state index < -0.39 is 0 Å². The minimum Gasteiger partial charge on any atom is -0.157 e. The van der Waals surface area contributed by atoms with Crippen molar-refractivity contribution in [3.8, 4) is 0 Å². The van der Waals surface area contributed by atoms with Crippen molar-refractivity contribution in [1.29, 1.82) is 0 Å². The summed E-state index contributed by atoms with van der Waals surface area (Å²) >= 11 is 11.2. The van der Waals surface area contributed by atoms with Gasteiger partial charge in [0, 0.05) is 10.2 Å². The molecule has 0 aliphatic heterocycles. The van der Waals surface area contributed by atoms with E-state index in [4.69, 9.17) is 11.6 Å². The van der Waals surface area contributed by atoms with Crippen molar-refractivity contribution in [2.45, 2.75) is 12.7 Å². The van der Waals surface area contributed by atoms with Gasteiger partial charge in [0.25, 0.3) is 0 Å². The Morgan fingerprint density at radius 1 is 1.50 bits per heavy atom. The van der Waals surface area contributed by atoms with Crippen molar-refractivity contribution in [2.75, 3.05) is 5.75 Å². The largest absolute Gasteiger partial charge is 0.157 e. The lowest BCUT2D eigenvalue weighted by atomic mass is 10.2. The Kier molecular flexibility index (Phi) is 4.47. The van der Waals surface area contributed by atoms with Crippen LogP contribution in [0.15, 0.2) is 22.7 Å². The van der Waals surface area contributed by atoms with E-state index in [0.29, 0.717) is 0 Å². The summed E-state index contributed by atoms with van der Waals surface area (Å²) in [5, 5.41) is 0.796. The van der Waals surface area contributed by atoms with Gasteiger partial charge in [-0.2, -0.15) is 11.8 Å². The number of benzene rings is 1. The molecule has 3 heteroatoms. The lowest BCUT2D eigenvalue weighted by Crippen LogP contribution is -1.81. The summed E-state index contributed by atoms with van der Waals surface area (Å²) in [6, 6.07) is 6.10. The average Bonchev–Trinajstić information content (AvgIpc) is 2.07. The molecule has 0 aliphatic carbocycles. The van der Waals surface area contributed by atoms with Gasteiger partial charge in [0.05, 0.1) is 5.02 Å². The minimum atomic E-state index is 0.796. The maximum absolute atomic E-state index is 5.94. The fourth-order valence-corrected chi connectivity index (χ4v) is 1.92. The lowest BCUT2D eigenvalue weighted by Gasteiger charge is -2.01. The second-order valence-corrected chi connectivity index (χ2v) is 4.92. The molecule has 0 aliphatic rings. The Labute approximate surface area is 90.8 Å². The summed E-state index contributed by atoms with van der Waals surface area (Å²) in [4.78, 5) is 0. The zero-order valence-corrected chi connectivity index (χ0v) is 9.97. The molecule has 1 rings (SSSR count). The Hall–Kier alpha value is 0.340. The molecule has 12 heavy (non-hydrogen) atoms. The number of hydrogen-bond acceptors (Lipinski definition) is 1. The van der Waals surface area contributed by atoms with Crippen LogP contribution >= 0.6 is 39.3 Å². The van der Waals surface area contributed by atoms with Crippen molar-refractivity contribution in [3.05, 3.63) is 33.3 Å². The molecule has 0 aromatic heterocycles. The second-order valence-electron chi connectivity index (χ2n) is 2.39. The van der Waals surface area contributed by atoms with E-state index in [1.54, 1.807) is 0 Å². The molecular weight excluding hydrogens is 256 g/mol. The molecule has 0 atom stereocenters. The SMILES string of the molecule is CCSCc1ccc(Br)c(Cl)c1. The van der Waals surface area contributed by atoms with Gasteiger partial charge in [-0.3, -0.25) is 0 Å². The Morgan fingerprint density at radius 2 is 2.25 bits per heavy atom. The van der Waals surface area contributed by atoms with E-state index >= 15 is 0 Å². The highest BCUT2D eigenvalue weighted by atomic mass is 79.9. The maximum atomic E-state index is 5.94. The monoisotopic (exact) mass is 264 g/mol. The summed E-state index contributed by atoms with van der Waals surface area (Å²) in [7, 11) is 0. The molecule has 0 fully saturated rings. The number of rotatable bonds is 3. The third kappa shape index (κ3) is 3.00. The van der Waals surface area contributed by atoms with Crippen LogP contribution in [0.25, 0.3) is 0 Å². The number of hydrogen-bond donors (Lipinski definition) is 0. The second kappa shape index (κ2) is 5.15. The molecule has 1 aromatic rings. The van der Waals surface area contributed by atoms with Crippen LogP contribution in [0.4, 0.5) is 0 Å². The van der Waals surface area contributed by atoms with Crippen molar-refractivity contribution >= 4 is 39.3 Å². The molecule has 0 saturated carbocycles. The molecule has 0 nitrogen and oxygen atoms in total. The molecule has 0 amide bonds. The first-order valence-electron chi connectivity index (χ1n) is 3.75. The molecule has 1 aromatic carbocycles. The maximum Gasteiger partial charge on any atom is 0.0551 e. The Morgan fingerprint density at radius 3 is 2.83 bits per heavy atom. The fourth-order valence-electron chi connectivity index (χ4n) is 0.849. The van der Waals surface area contributed by atoms with Crippen molar-refractivity contribution in [2.24, 2.45) is 0 Å². The summed E-state index contributed by atoms with van der Waals surface area (Å²) in [6.45, 7) is 2.16. The first kappa shape index (κ1) is 10.4. The van der Waals surface area contributed by atoms with Crippen LogP contribution in [0.3, 0.4) is 0 Å². The smallest absolute Gasteiger partial charge is 0.0551 e. The molecule has 0 heterocycles. The zero-order chi connectivity index (χ0) is 8.97. The van der Waals surface area contributed by atoms with Crippen LogP contribution in [0.1, 0.15) is 12.5 Å². The van der Waals surface area contributed by atoms with Crippen LogP contribution in [-0.4, -0.2) is 5.75 Å². The highest BCUT2D eigenvalue weighted by Gasteiger charge is 1.98. The minimum absolute atomic E-state index is 0.796. The van der Waals surface area contributed by atoms with Crippen LogP contribution < -0.4 is 0 Å². The summed E-state index contributed by atoms with van der Waals surface area (Å²) in [6.07, 6.45) is 0. The number of halogens is 2. The van der Waals surface area contributed by atoms with E-state index in [1.165, 1.54) is 5.56 Å². The van der Waals surface area contributed by atoms with Gasteiger partial charge in [-0.15, -0.1) is 0 Å². The quantitative estimate of drug-likeness (QED) is 0.783. The predicted molar refractivity (Wildman–Crippen MR) is 61.0 cm³/mol. The van der Waals surface area contributed by atoms with Crippen LogP contribution in [0.2, 0.25) is 5.02 Å². The number of thioether (sulfide) groups is 1. The normalized spacial score (nSPS) is 10.2. The summed E-state index contributed by atoms with van der Waals surface area (Å²) < 4.78 is 0.967. The molecule has 0 saturated heterocycles. The predicted octanol–water partition coefficient (Wildman–Crippen LogP) is 4.36. The van der Waals surface area contributed by atoms with E-state index in [-0.39, 0.29) is 0 Å². The van der Waals surface area contributed by atoms with Gasteiger partial charge >= 0.3 is 0 Å². The molecule has 0 N–H and O–H groups in total. The lowest BCUT2D eigenvalue weighted by molar-refractivity contribution is 1.39. The molecular formula is C9H10BrClS. The summed E-state index contributed by atoms with van der Waals surface area (Å²) in [5.74, 6) is 2.19. The van der Waals surface area contributed by atoms with Gasteiger partial charge in [-0.1, -0.05) is 24.6 Å². The molecule has 0 spiro atoms. The van der Waals surface area contributed by atoms with Gasteiger partial charge in [0.2, 0.25) is 0 Å². The van der Waals surface area contributed by atoms with Crippen molar-refractivity contribution in [3.63, 3.8) is 0 Å². The third-order valence-corrected chi connectivity index (χ3v) is 3.64. The fraction of sp³-hybridized carbons (Fsp3) is 0.333. The molecule has 0 bridgehead atoms. The highest BCUT2D eigenvalue weighted by Crippen LogP contribution is 2.24. The molecule has 0 radical (unpaired) electrons. The van der Waals surface area contributed by atoms with Crippen molar-refractivity contribution in [1.82, 2.24) is 0 Å². The molecule has 66 valence electrons. The van der Waals surface area contributed by atoms with E-state index in [0.717, 1.165) is 21.0 Å². The first-order valence-corrected chi connectivity index (χ1v) is 6.08. The van der Waals surface area contributed by atoms with Gasteiger partial charge in [-0.25, -0.2) is 0 Å². The van der Waals surface area contributed by atoms with E-state index in [9.17, 15) is 0 Å². The van der Waals surface area contributed by atoms with Gasteiger partial charge in [-0.05, 0) is 39.4 Å². The van der Waals surface area contributed by atoms with Gasteiger partial charge in [0.15, 0.2) is 0 Å². The van der Waals surface area contributed by atoms with Crippen molar-refractivity contribution < 1.29 is 0 Å². The average molecular weight is 266 g/mol. The zero-order valence-electron chi connectivity index (χ0n) is 6.81. The van der Waals surface area contributed by atoms with E-state index in [1.807, 2.05) is 23.9 Å². The van der Waals surface area contributed by atoms with Gasteiger partial charge < -0.3 is 0 Å². The standard InChI is InChI=1S/C9H10BrClS/c1-2-12-6-7-3-4-8(10)9(11)5-7/h3-5H,2,6H2,1H3. The van der Waals surface area contributed by atoms with Crippen LogP contribution in [-0.2, 0) is 5.75 Å². The molecule has 0 unspecified atom stereocenters. The summed E-state index contributed by atoms with van der Waals surface area (Å²) in [5.41, 5.74) is 1.29. The topological polar surface area (TPSA) is 0 Å². The Bertz CT molecular complexity index is 263. The van der Waals surface area contributed by atoms with Crippen LogP contribution in [0, 0.1) is 0 Å². The van der Waals surface area contributed by atoms with Crippen LogP contribution in [0.5, 0.6) is 0 Å². The first-order chi connectivity index (χ1) is 5.74. The third-order valence-electron chi connectivity index (χ3n) is 1.46.